The van der Waals surface area contributed by atoms with Gasteiger partial charge in [-0.3, -0.25) is 0 Å². The molecular formula is C7H8F3N3O. The molecule has 0 aliphatic heterocycles. The molecule has 0 bridgehead atoms. The van der Waals surface area contributed by atoms with Crippen LogP contribution in [0.5, 0.6) is 0 Å². The van der Waals surface area contributed by atoms with Gasteiger partial charge in [0.05, 0.1) is 5.54 Å². The molecule has 14 heavy (non-hydrogen) atoms. The minimum Gasteiger partial charge on any atom is -0.329 e. The van der Waals surface area contributed by atoms with Crippen molar-refractivity contribution in [1.29, 1.82) is 0 Å². The zero-order valence-electron chi connectivity index (χ0n) is 7.35. The number of nitrogens with zero attached hydrogens (tertiary/aromatic N) is 2. The molecule has 1 aromatic rings. The summed E-state index contributed by atoms with van der Waals surface area (Å²) in [6, 6.07) is 0. The molecule has 1 N–H and O–H groups in total. The number of rotatable bonds is 2. The number of alkyl halides is 3. The molecule has 0 amide bonds. The van der Waals surface area contributed by atoms with E-state index in [2.05, 4.69) is 20.0 Å². The molecule has 78 valence electrons. The monoisotopic (exact) mass is 207 g/mol. The standard InChI is InChI=1S/C7H8F3N3O/c1-11-6(2-3-6)4-12-5(14-13-4)7(8,9)10/h11H,2-3H2,1H3. The molecule has 1 aromatic heterocycles. The third-order valence-corrected chi connectivity index (χ3v) is 2.33. The van der Waals surface area contributed by atoms with E-state index in [1.165, 1.54) is 0 Å². The molecule has 7 heteroatoms. The van der Waals surface area contributed by atoms with Crippen molar-refractivity contribution in [2.24, 2.45) is 0 Å². The van der Waals surface area contributed by atoms with Crippen LogP contribution in [0.2, 0.25) is 0 Å². The Morgan fingerprint density at radius 3 is 2.43 bits per heavy atom. The van der Waals surface area contributed by atoms with Crippen molar-refractivity contribution in [3.8, 4) is 0 Å². The lowest BCUT2D eigenvalue weighted by atomic mass is 10.2. The molecule has 1 fully saturated rings. The van der Waals surface area contributed by atoms with Gasteiger partial charge in [0, 0.05) is 0 Å². The molecular weight excluding hydrogens is 199 g/mol. The van der Waals surface area contributed by atoms with E-state index in [-0.39, 0.29) is 5.82 Å². The minimum atomic E-state index is -4.56. The topological polar surface area (TPSA) is 51.0 Å². The van der Waals surface area contributed by atoms with Gasteiger partial charge in [0.15, 0.2) is 5.82 Å². The fraction of sp³-hybridized carbons (Fsp3) is 0.714. The predicted octanol–water partition coefficient (Wildman–Crippen LogP) is 1.30. The molecule has 0 atom stereocenters. The minimum absolute atomic E-state index is 0.0901. The van der Waals surface area contributed by atoms with Crippen molar-refractivity contribution in [3.63, 3.8) is 0 Å². The summed E-state index contributed by atoms with van der Waals surface area (Å²) in [7, 11) is 1.66. The molecule has 1 saturated carbocycles. The van der Waals surface area contributed by atoms with Crippen LogP contribution in [0.4, 0.5) is 13.2 Å². The molecule has 1 heterocycles. The summed E-state index contributed by atoms with van der Waals surface area (Å²) in [4.78, 5) is 3.32. The van der Waals surface area contributed by atoms with Gasteiger partial charge in [0.25, 0.3) is 0 Å². The van der Waals surface area contributed by atoms with Crippen LogP contribution in [-0.4, -0.2) is 17.2 Å². The summed E-state index contributed by atoms with van der Waals surface area (Å²) in [5, 5.41) is 6.20. The summed E-state index contributed by atoms with van der Waals surface area (Å²) in [5.41, 5.74) is -0.493. The van der Waals surface area contributed by atoms with Crippen LogP contribution in [0, 0.1) is 0 Å². The fourth-order valence-electron chi connectivity index (χ4n) is 1.24. The molecule has 4 nitrogen and oxygen atoms in total. The Kier molecular flexibility index (Phi) is 1.82. The van der Waals surface area contributed by atoms with Gasteiger partial charge in [-0.05, 0) is 19.9 Å². The number of hydrogen-bond donors (Lipinski definition) is 1. The van der Waals surface area contributed by atoms with Crippen LogP contribution in [0.1, 0.15) is 24.6 Å². The number of halogens is 3. The zero-order chi connectivity index (χ0) is 10.4. The highest BCUT2D eigenvalue weighted by Gasteiger charge is 2.49. The van der Waals surface area contributed by atoms with Gasteiger partial charge in [-0.15, -0.1) is 0 Å². The number of nitrogens with one attached hydrogen (secondary N) is 1. The quantitative estimate of drug-likeness (QED) is 0.794. The summed E-state index contributed by atoms with van der Waals surface area (Å²) in [6.45, 7) is 0. The maximum absolute atomic E-state index is 12.1. The Balaban J connectivity index is 2.27. The average molecular weight is 207 g/mol. The number of hydrogen-bond acceptors (Lipinski definition) is 4. The van der Waals surface area contributed by atoms with Gasteiger partial charge >= 0.3 is 12.1 Å². The van der Waals surface area contributed by atoms with Crippen molar-refractivity contribution in [2.45, 2.75) is 24.6 Å². The molecule has 0 radical (unpaired) electrons. The highest BCUT2D eigenvalue weighted by Crippen LogP contribution is 2.44. The van der Waals surface area contributed by atoms with Gasteiger partial charge in [-0.25, -0.2) is 0 Å². The maximum Gasteiger partial charge on any atom is 0.471 e. The van der Waals surface area contributed by atoms with Crippen molar-refractivity contribution in [2.75, 3.05) is 7.05 Å². The van der Waals surface area contributed by atoms with Crippen LogP contribution < -0.4 is 5.32 Å². The second-order valence-electron chi connectivity index (χ2n) is 3.25. The summed E-state index contributed by atoms with van der Waals surface area (Å²) in [5.74, 6) is -1.19. The van der Waals surface area contributed by atoms with Gasteiger partial charge in [0.2, 0.25) is 0 Å². The second kappa shape index (κ2) is 2.69. The smallest absolute Gasteiger partial charge is 0.329 e. The lowest BCUT2D eigenvalue weighted by molar-refractivity contribution is -0.159. The lowest BCUT2D eigenvalue weighted by Crippen LogP contribution is -2.26. The van der Waals surface area contributed by atoms with Crippen LogP contribution in [0.25, 0.3) is 0 Å². The molecule has 0 aromatic carbocycles. The van der Waals surface area contributed by atoms with E-state index in [0.717, 1.165) is 12.8 Å². The zero-order valence-corrected chi connectivity index (χ0v) is 7.35. The van der Waals surface area contributed by atoms with Gasteiger partial charge in [-0.1, -0.05) is 5.16 Å². The van der Waals surface area contributed by atoms with E-state index in [0.29, 0.717) is 0 Å². The Hall–Kier alpha value is -1.11. The van der Waals surface area contributed by atoms with E-state index < -0.39 is 17.6 Å². The summed E-state index contributed by atoms with van der Waals surface area (Å²) >= 11 is 0. The third-order valence-electron chi connectivity index (χ3n) is 2.33. The van der Waals surface area contributed by atoms with Crippen molar-refractivity contribution >= 4 is 0 Å². The molecule has 2 rings (SSSR count). The maximum atomic E-state index is 12.1. The predicted molar refractivity (Wildman–Crippen MR) is 39.3 cm³/mol. The first-order chi connectivity index (χ1) is 6.48. The first-order valence-corrected chi connectivity index (χ1v) is 4.08. The van der Waals surface area contributed by atoms with E-state index in [1.807, 2.05) is 0 Å². The highest BCUT2D eigenvalue weighted by molar-refractivity contribution is 5.15. The van der Waals surface area contributed by atoms with Gasteiger partial charge < -0.3 is 9.84 Å². The van der Waals surface area contributed by atoms with Crippen molar-refractivity contribution < 1.29 is 17.7 Å². The second-order valence-corrected chi connectivity index (χ2v) is 3.25. The molecule has 0 unspecified atom stereocenters. The van der Waals surface area contributed by atoms with Crippen LogP contribution in [0.3, 0.4) is 0 Å². The van der Waals surface area contributed by atoms with Gasteiger partial charge in [0.1, 0.15) is 0 Å². The SMILES string of the molecule is CNC1(c2noc(C(F)(F)F)n2)CC1. The molecule has 1 aliphatic carbocycles. The van der Waals surface area contributed by atoms with E-state index >= 15 is 0 Å². The molecule has 0 spiro atoms. The Labute approximate surface area is 77.5 Å². The average Bonchev–Trinajstić information content (AvgIpc) is 2.73. The number of aromatic nitrogens is 2. The largest absolute Gasteiger partial charge is 0.471 e. The summed E-state index contributed by atoms with van der Waals surface area (Å²) in [6.07, 6.45) is -3.09. The Bertz CT molecular complexity index is 342. The first-order valence-electron chi connectivity index (χ1n) is 4.08. The molecule has 1 aliphatic rings. The first kappa shape index (κ1) is 9.45. The fourth-order valence-corrected chi connectivity index (χ4v) is 1.24. The molecule has 0 saturated heterocycles. The lowest BCUT2D eigenvalue weighted by Gasteiger charge is -2.06. The van der Waals surface area contributed by atoms with Crippen LogP contribution >= 0.6 is 0 Å². The Morgan fingerprint density at radius 2 is 2.07 bits per heavy atom. The van der Waals surface area contributed by atoms with Gasteiger partial charge in [-0.2, -0.15) is 18.2 Å². The van der Waals surface area contributed by atoms with Crippen molar-refractivity contribution in [3.05, 3.63) is 11.7 Å². The van der Waals surface area contributed by atoms with Crippen molar-refractivity contribution in [1.82, 2.24) is 15.5 Å². The normalized spacial score (nSPS) is 19.7. The van der Waals surface area contributed by atoms with E-state index in [1.54, 1.807) is 7.05 Å². The summed E-state index contributed by atoms with van der Waals surface area (Å²) < 4.78 is 40.4. The van der Waals surface area contributed by atoms with Crippen LogP contribution in [-0.2, 0) is 11.7 Å². The highest BCUT2D eigenvalue weighted by atomic mass is 19.4. The third kappa shape index (κ3) is 1.37. The van der Waals surface area contributed by atoms with Crippen LogP contribution in [0.15, 0.2) is 4.52 Å². The van der Waals surface area contributed by atoms with E-state index in [9.17, 15) is 13.2 Å². The van der Waals surface area contributed by atoms with E-state index in [4.69, 9.17) is 0 Å². The Morgan fingerprint density at radius 1 is 1.43 bits per heavy atom.